The van der Waals surface area contributed by atoms with E-state index in [4.69, 9.17) is 10.8 Å². The van der Waals surface area contributed by atoms with E-state index in [0.29, 0.717) is 5.82 Å². The first-order chi connectivity index (χ1) is 8.71. The summed E-state index contributed by atoms with van der Waals surface area (Å²) in [4.78, 5) is 8.33. The molecule has 1 saturated carbocycles. The second-order valence-corrected chi connectivity index (χ2v) is 5.16. The van der Waals surface area contributed by atoms with Gasteiger partial charge in [0.1, 0.15) is 18.0 Å². The van der Waals surface area contributed by atoms with Crippen molar-refractivity contribution in [3.05, 3.63) is 11.9 Å². The van der Waals surface area contributed by atoms with Gasteiger partial charge in [0.2, 0.25) is 0 Å². The Morgan fingerprint density at radius 3 is 2.83 bits per heavy atom. The van der Waals surface area contributed by atoms with Gasteiger partial charge in [-0.3, -0.25) is 0 Å². The fourth-order valence-electron chi connectivity index (χ4n) is 2.28. The van der Waals surface area contributed by atoms with E-state index >= 15 is 0 Å². The predicted octanol–water partition coefficient (Wildman–Crippen LogP) is 1.59. The van der Waals surface area contributed by atoms with Crippen LogP contribution in [0, 0.1) is 5.41 Å². The lowest BCUT2D eigenvalue weighted by molar-refractivity contribution is 0.253. The molecule has 0 spiro atoms. The number of aromatic nitrogens is 2. The predicted molar refractivity (Wildman–Crippen MR) is 72.3 cm³/mol. The Balaban J connectivity index is 2.02. The van der Waals surface area contributed by atoms with Gasteiger partial charge in [-0.15, -0.1) is 0 Å². The summed E-state index contributed by atoms with van der Waals surface area (Å²) in [7, 11) is 0. The van der Waals surface area contributed by atoms with Crippen LogP contribution in [-0.2, 0) is 6.42 Å². The molecule has 5 nitrogen and oxygen atoms in total. The number of hydrogen-bond donors (Lipinski definition) is 3. The molecule has 2 rings (SSSR count). The van der Waals surface area contributed by atoms with Crippen molar-refractivity contribution < 1.29 is 5.11 Å². The fourth-order valence-corrected chi connectivity index (χ4v) is 2.28. The highest BCUT2D eigenvalue weighted by molar-refractivity contribution is 5.55. The number of anilines is 2. The monoisotopic (exact) mass is 250 g/mol. The summed E-state index contributed by atoms with van der Waals surface area (Å²) in [5.74, 6) is 1.43. The van der Waals surface area contributed by atoms with Crippen molar-refractivity contribution in [3.63, 3.8) is 0 Å². The molecule has 1 fully saturated rings. The quantitative estimate of drug-likeness (QED) is 0.684. The van der Waals surface area contributed by atoms with E-state index in [1.165, 1.54) is 19.2 Å². The van der Waals surface area contributed by atoms with Crippen LogP contribution in [0.2, 0.25) is 0 Å². The summed E-state index contributed by atoms with van der Waals surface area (Å²) in [6.07, 6.45) is 6.65. The van der Waals surface area contributed by atoms with Gasteiger partial charge >= 0.3 is 0 Å². The van der Waals surface area contributed by atoms with E-state index in [2.05, 4.69) is 22.2 Å². The Kier molecular flexibility index (Phi) is 4.01. The lowest BCUT2D eigenvalue weighted by Crippen LogP contribution is -2.19. The number of rotatable bonds is 7. The Morgan fingerprint density at radius 2 is 2.22 bits per heavy atom. The molecule has 0 aromatic carbocycles. The van der Waals surface area contributed by atoms with E-state index < -0.39 is 0 Å². The van der Waals surface area contributed by atoms with Crippen LogP contribution in [-0.4, -0.2) is 28.2 Å². The van der Waals surface area contributed by atoms with Gasteiger partial charge in [0.15, 0.2) is 0 Å². The second kappa shape index (κ2) is 5.52. The Morgan fingerprint density at radius 1 is 1.44 bits per heavy atom. The molecule has 0 radical (unpaired) electrons. The largest absolute Gasteiger partial charge is 0.396 e. The highest BCUT2D eigenvalue weighted by Crippen LogP contribution is 2.48. The van der Waals surface area contributed by atoms with E-state index in [0.717, 1.165) is 37.2 Å². The second-order valence-electron chi connectivity index (χ2n) is 5.16. The van der Waals surface area contributed by atoms with Crippen LogP contribution in [0.25, 0.3) is 0 Å². The molecule has 1 aromatic rings. The normalized spacial score (nSPS) is 16.6. The van der Waals surface area contributed by atoms with Gasteiger partial charge < -0.3 is 16.2 Å². The zero-order valence-electron chi connectivity index (χ0n) is 10.9. The minimum Gasteiger partial charge on any atom is -0.396 e. The maximum Gasteiger partial charge on any atom is 0.134 e. The molecular weight excluding hydrogens is 228 g/mol. The van der Waals surface area contributed by atoms with Crippen molar-refractivity contribution in [2.75, 3.05) is 24.2 Å². The molecule has 0 aliphatic heterocycles. The number of aliphatic hydroxyl groups is 1. The van der Waals surface area contributed by atoms with Crippen LogP contribution in [0.15, 0.2) is 6.33 Å². The smallest absolute Gasteiger partial charge is 0.134 e. The molecule has 0 saturated heterocycles. The zero-order chi connectivity index (χ0) is 13.0. The molecule has 1 aliphatic rings. The van der Waals surface area contributed by atoms with Crippen molar-refractivity contribution in [2.24, 2.45) is 5.41 Å². The molecule has 0 amide bonds. The van der Waals surface area contributed by atoms with Gasteiger partial charge in [-0.1, -0.05) is 13.3 Å². The van der Waals surface area contributed by atoms with Crippen LogP contribution < -0.4 is 11.1 Å². The summed E-state index contributed by atoms with van der Waals surface area (Å²) in [5.41, 5.74) is 7.18. The Hall–Kier alpha value is -1.36. The SMILES string of the molecule is CCCc1c(N)ncnc1NCC1(CCO)CC1. The maximum atomic E-state index is 9.05. The summed E-state index contributed by atoms with van der Waals surface area (Å²) in [5, 5.41) is 12.4. The van der Waals surface area contributed by atoms with E-state index in [1.54, 1.807) is 0 Å². The Bertz CT molecular complexity index is 404. The van der Waals surface area contributed by atoms with Crippen LogP contribution in [0.5, 0.6) is 0 Å². The molecular formula is C13H22N4O. The standard InChI is InChI=1S/C13H22N4O/c1-2-3-10-11(14)16-9-17-12(10)15-8-13(4-5-13)6-7-18/h9,18H,2-8H2,1H3,(H3,14,15,16,17). The first kappa shape index (κ1) is 13.1. The highest BCUT2D eigenvalue weighted by Gasteiger charge is 2.41. The summed E-state index contributed by atoms with van der Waals surface area (Å²) in [6, 6.07) is 0. The average molecular weight is 250 g/mol. The van der Waals surface area contributed by atoms with Crippen molar-refractivity contribution in [3.8, 4) is 0 Å². The number of aliphatic hydroxyl groups excluding tert-OH is 1. The summed E-state index contributed by atoms with van der Waals surface area (Å²) >= 11 is 0. The molecule has 0 bridgehead atoms. The minimum absolute atomic E-state index is 0.259. The van der Waals surface area contributed by atoms with Gasteiger partial charge in [-0.2, -0.15) is 0 Å². The average Bonchev–Trinajstić information content (AvgIpc) is 3.11. The van der Waals surface area contributed by atoms with E-state index in [1.807, 2.05) is 0 Å². The lowest BCUT2D eigenvalue weighted by Gasteiger charge is -2.17. The minimum atomic E-state index is 0.259. The Labute approximate surface area is 108 Å². The first-order valence-electron chi connectivity index (χ1n) is 6.65. The molecule has 0 atom stereocenters. The third-order valence-corrected chi connectivity index (χ3v) is 3.71. The molecule has 100 valence electrons. The molecule has 4 N–H and O–H groups in total. The van der Waals surface area contributed by atoms with Crippen LogP contribution >= 0.6 is 0 Å². The number of nitrogens with two attached hydrogens (primary N) is 1. The van der Waals surface area contributed by atoms with E-state index in [9.17, 15) is 0 Å². The molecule has 1 aromatic heterocycles. The van der Waals surface area contributed by atoms with Gasteiger partial charge in [0.25, 0.3) is 0 Å². The number of nitrogens with zero attached hydrogens (tertiary/aromatic N) is 2. The third kappa shape index (κ3) is 2.90. The number of hydrogen-bond acceptors (Lipinski definition) is 5. The van der Waals surface area contributed by atoms with Crippen molar-refractivity contribution in [1.29, 1.82) is 0 Å². The van der Waals surface area contributed by atoms with Gasteiger partial charge in [-0.25, -0.2) is 9.97 Å². The third-order valence-electron chi connectivity index (χ3n) is 3.71. The number of nitrogens with one attached hydrogen (secondary N) is 1. The topological polar surface area (TPSA) is 84.1 Å². The fraction of sp³-hybridized carbons (Fsp3) is 0.692. The van der Waals surface area contributed by atoms with Crippen molar-refractivity contribution in [2.45, 2.75) is 39.0 Å². The van der Waals surface area contributed by atoms with Gasteiger partial charge in [-0.05, 0) is 31.1 Å². The summed E-state index contributed by atoms with van der Waals surface area (Å²) < 4.78 is 0. The van der Waals surface area contributed by atoms with Crippen LogP contribution in [0.3, 0.4) is 0 Å². The maximum absolute atomic E-state index is 9.05. The molecule has 18 heavy (non-hydrogen) atoms. The number of nitrogen functional groups attached to an aromatic ring is 1. The lowest BCUT2D eigenvalue weighted by atomic mass is 10.0. The van der Waals surface area contributed by atoms with Crippen LogP contribution in [0.1, 0.15) is 38.2 Å². The van der Waals surface area contributed by atoms with Crippen LogP contribution in [0.4, 0.5) is 11.6 Å². The first-order valence-corrected chi connectivity index (χ1v) is 6.65. The van der Waals surface area contributed by atoms with Gasteiger partial charge in [0, 0.05) is 18.7 Å². The zero-order valence-corrected chi connectivity index (χ0v) is 10.9. The molecule has 1 heterocycles. The molecule has 5 heteroatoms. The highest BCUT2D eigenvalue weighted by atomic mass is 16.3. The summed E-state index contributed by atoms with van der Waals surface area (Å²) in [6.45, 7) is 3.24. The van der Waals surface area contributed by atoms with Crippen molar-refractivity contribution >= 4 is 11.6 Å². The van der Waals surface area contributed by atoms with Crippen molar-refractivity contribution in [1.82, 2.24) is 9.97 Å². The molecule has 1 aliphatic carbocycles. The van der Waals surface area contributed by atoms with Gasteiger partial charge in [0.05, 0.1) is 0 Å². The molecule has 0 unspecified atom stereocenters. The van der Waals surface area contributed by atoms with E-state index in [-0.39, 0.29) is 12.0 Å².